The van der Waals surface area contributed by atoms with Crippen LogP contribution in [0.5, 0.6) is 0 Å². The van der Waals surface area contributed by atoms with Crippen molar-refractivity contribution in [3.05, 3.63) is 36.1 Å². The van der Waals surface area contributed by atoms with Crippen molar-refractivity contribution in [3.63, 3.8) is 0 Å². The number of ketones is 1. The van der Waals surface area contributed by atoms with Crippen LogP contribution in [0.4, 0.5) is 0 Å². The predicted octanol–water partition coefficient (Wildman–Crippen LogP) is 3.99. The first-order valence-electron chi connectivity index (χ1n) is 5.95. The third-order valence-corrected chi connectivity index (χ3v) is 1.52. The molecule has 16 heavy (non-hydrogen) atoms. The van der Waals surface area contributed by atoms with Gasteiger partial charge in [0.2, 0.25) is 0 Å². The molecule has 0 fully saturated rings. The van der Waals surface area contributed by atoms with Crippen molar-refractivity contribution in [1.29, 1.82) is 0 Å². The van der Waals surface area contributed by atoms with Crippen LogP contribution in [0.15, 0.2) is 36.1 Å². The van der Waals surface area contributed by atoms with E-state index in [-0.39, 0.29) is 5.78 Å². The summed E-state index contributed by atoms with van der Waals surface area (Å²) in [7, 11) is 0. The summed E-state index contributed by atoms with van der Waals surface area (Å²) in [5.41, 5.74) is 6.68. The van der Waals surface area contributed by atoms with Crippen LogP contribution in [0, 0.1) is 0 Å². The quantitative estimate of drug-likeness (QED) is 0.580. The maximum Gasteiger partial charge on any atom is 0.164 e. The normalized spacial score (nSPS) is 10.4. The fourth-order valence-electron chi connectivity index (χ4n) is 0.896. The number of Topliss-reactive ketones (excluding diaryl/α,β-unsaturated/α-hetero) is 1. The first kappa shape index (κ1) is 20.1. The van der Waals surface area contributed by atoms with Crippen molar-refractivity contribution < 1.29 is 4.79 Å². The van der Waals surface area contributed by atoms with Gasteiger partial charge in [-0.25, -0.2) is 0 Å². The molecule has 94 valence electrons. The van der Waals surface area contributed by atoms with Crippen molar-refractivity contribution >= 4 is 5.78 Å². The van der Waals surface area contributed by atoms with E-state index >= 15 is 0 Å². The Morgan fingerprint density at radius 2 is 1.69 bits per heavy atom. The molecule has 0 saturated heterocycles. The topological polar surface area (TPSA) is 43.1 Å². The zero-order valence-corrected chi connectivity index (χ0v) is 11.6. The Bertz CT molecular complexity index is 237. The van der Waals surface area contributed by atoms with Crippen LogP contribution in [0.2, 0.25) is 0 Å². The highest BCUT2D eigenvalue weighted by Gasteiger charge is 2.07. The van der Waals surface area contributed by atoms with Crippen LogP contribution in [-0.2, 0) is 4.79 Å². The highest BCUT2D eigenvalue weighted by molar-refractivity contribution is 5.98. The van der Waals surface area contributed by atoms with E-state index in [0.29, 0.717) is 17.7 Å². The van der Waals surface area contributed by atoms with Gasteiger partial charge in [0.1, 0.15) is 0 Å². The SMILES string of the molecule is C=C/C=C(N)\C(=C/C)C(=O)CC.CC.CC. The average Bonchev–Trinajstić information content (AvgIpc) is 2.35. The van der Waals surface area contributed by atoms with Crippen LogP contribution in [0.3, 0.4) is 0 Å². The Morgan fingerprint density at radius 1 is 1.25 bits per heavy atom. The van der Waals surface area contributed by atoms with E-state index in [1.165, 1.54) is 0 Å². The van der Waals surface area contributed by atoms with Crippen LogP contribution in [0.1, 0.15) is 48.0 Å². The van der Waals surface area contributed by atoms with Gasteiger partial charge < -0.3 is 5.73 Å². The van der Waals surface area contributed by atoms with Gasteiger partial charge in [-0.1, -0.05) is 53.3 Å². The summed E-state index contributed by atoms with van der Waals surface area (Å²) >= 11 is 0. The van der Waals surface area contributed by atoms with E-state index in [2.05, 4.69) is 6.58 Å². The highest BCUT2D eigenvalue weighted by Crippen LogP contribution is 2.07. The Balaban J connectivity index is -0.000000376. The van der Waals surface area contributed by atoms with E-state index in [1.807, 2.05) is 34.6 Å². The van der Waals surface area contributed by atoms with Gasteiger partial charge in [-0.15, -0.1) is 0 Å². The molecule has 0 aromatic heterocycles. The summed E-state index contributed by atoms with van der Waals surface area (Å²) in [6.45, 7) is 15.1. The molecular formula is C14H27NO. The molecule has 0 atom stereocenters. The Kier molecular flexibility index (Phi) is 20.3. The monoisotopic (exact) mass is 225 g/mol. The third kappa shape index (κ3) is 9.25. The predicted molar refractivity (Wildman–Crippen MR) is 74.2 cm³/mol. The number of hydrogen-bond donors (Lipinski definition) is 1. The number of carbonyl (C=O) groups is 1. The molecule has 0 saturated carbocycles. The minimum Gasteiger partial charge on any atom is -0.398 e. The fraction of sp³-hybridized carbons (Fsp3) is 0.500. The Hall–Kier alpha value is -1.31. The van der Waals surface area contributed by atoms with E-state index in [1.54, 1.807) is 25.2 Å². The molecule has 0 radical (unpaired) electrons. The largest absolute Gasteiger partial charge is 0.398 e. The molecule has 0 rings (SSSR count). The Morgan fingerprint density at radius 3 is 1.94 bits per heavy atom. The molecule has 0 aliphatic carbocycles. The maximum atomic E-state index is 11.2. The third-order valence-electron chi connectivity index (χ3n) is 1.52. The van der Waals surface area contributed by atoms with Gasteiger partial charge in [0.05, 0.1) is 0 Å². The summed E-state index contributed by atoms with van der Waals surface area (Å²) in [4.78, 5) is 11.2. The maximum absolute atomic E-state index is 11.2. The van der Waals surface area contributed by atoms with E-state index in [0.717, 1.165) is 0 Å². The second-order valence-electron chi connectivity index (χ2n) is 2.34. The molecular weight excluding hydrogens is 198 g/mol. The van der Waals surface area contributed by atoms with Crippen LogP contribution in [-0.4, -0.2) is 5.78 Å². The second kappa shape index (κ2) is 16.1. The van der Waals surface area contributed by atoms with Crippen LogP contribution >= 0.6 is 0 Å². The molecule has 0 amide bonds. The minimum absolute atomic E-state index is 0.0631. The van der Waals surface area contributed by atoms with Crippen LogP contribution in [0.25, 0.3) is 0 Å². The molecule has 0 unspecified atom stereocenters. The van der Waals surface area contributed by atoms with Crippen LogP contribution < -0.4 is 5.73 Å². The fourth-order valence-corrected chi connectivity index (χ4v) is 0.896. The van der Waals surface area contributed by atoms with E-state index < -0.39 is 0 Å². The molecule has 2 nitrogen and oxygen atoms in total. The number of carbonyl (C=O) groups excluding carboxylic acids is 1. The molecule has 0 aliphatic rings. The average molecular weight is 225 g/mol. The standard InChI is InChI=1S/C10H15NO.2C2H6/c1-4-7-9(11)8(5-2)10(12)6-3;2*1-2/h4-5,7H,1,6,11H2,2-3H3;2*1-2H3/b8-5+,9-7+;;. The van der Waals surface area contributed by atoms with Crippen molar-refractivity contribution in [3.8, 4) is 0 Å². The van der Waals surface area contributed by atoms with Crippen molar-refractivity contribution in [2.45, 2.75) is 48.0 Å². The van der Waals surface area contributed by atoms with Crippen molar-refractivity contribution in [1.82, 2.24) is 0 Å². The van der Waals surface area contributed by atoms with Gasteiger partial charge >= 0.3 is 0 Å². The van der Waals surface area contributed by atoms with Gasteiger partial charge in [-0.05, 0) is 13.0 Å². The molecule has 0 aromatic carbocycles. The number of allylic oxidation sites excluding steroid dienone is 4. The van der Waals surface area contributed by atoms with Gasteiger partial charge in [0.25, 0.3) is 0 Å². The number of nitrogens with two attached hydrogens (primary N) is 1. The summed E-state index contributed by atoms with van der Waals surface area (Å²) in [5.74, 6) is 0.0631. The zero-order valence-electron chi connectivity index (χ0n) is 11.6. The van der Waals surface area contributed by atoms with E-state index in [9.17, 15) is 4.79 Å². The van der Waals surface area contributed by atoms with Crippen molar-refractivity contribution in [2.75, 3.05) is 0 Å². The lowest BCUT2D eigenvalue weighted by atomic mass is 10.1. The van der Waals surface area contributed by atoms with Gasteiger partial charge in [0.15, 0.2) is 5.78 Å². The lowest BCUT2D eigenvalue weighted by Gasteiger charge is -2.02. The first-order chi connectivity index (χ1) is 7.67. The van der Waals surface area contributed by atoms with Gasteiger partial charge in [-0.3, -0.25) is 4.79 Å². The zero-order chi connectivity index (χ0) is 13.6. The van der Waals surface area contributed by atoms with Crippen molar-refractivity contribution in [2.24, 2.45) is 5.73 Å². The molecule has 2 heteroatoms. The second-order valence-corrected chi connectivity index (χ2v) is 2.34. The lowest BCUT2D eigenvalue weighted by Crippen LogP contribution is -2.09. The summed E-state index contributed by atoms with van der Waals surface area (Å²) in [6.07, 6.45) is 5.40. The number of hydrogen-bond acceptors (Lipinski definition) is 2. The van der Waals surface area contributed by atoms with E-state index in [4.69, 9.17) is 5.73 Å². The lowest BCUT2D eigenvalue weighted by molar-refractivity contribution is -0.115. The minimum atomic E-state index is 0.0631. The Labute approximate surface area is 101 Å². The van der Waals surface area contributed by atoms with Gasteiger partial charge in [0, 0.05) is 17.7 Å². The molecule has 0 heterocycles. The summed E-state index contributed by atoms with van der Waals surface area (Å²) in [6, 6.07) is 0. The molecule has 0 aliphatic heterocycles. The highest BCUT2D eigenvalue weighted by atomic mass is 16.1. The number of rotatable bonds is 4. The molecule has 0 bridgehead atoms. The summed E-state index contributed by atoms with van der Waals surface area (Å²) < 4.78 is 0. The smallest absolute Gasteiger partial charge is 0.164 e. The molecule has 0 spiro atoms. The molecule has 2 N–H and O–H groups in total. The summed E-state index contributed by atoms with van der Waals surface area (Å²) in [5, 5.41) is 0. The first-order valence-corrected chi connectivity index (χ1v) is 5.95. The van der Waals surface area contributed by atoms with Gasteiger partial charge in [-0.2, -0.15) is 0 Å². The molecule has 0 aromatic rings.